The van der Waals surface area contributed by atoms with Crippen LogP contribution >= 0.6 is 11.6 Å². The molecule has 0 radical (unpaired) electrons. The predicted molar refractivity (Wildman–Crippen MR) is 98.2 cm³/mol. The molecule has 0 aliphatic heterocycles. The molecular formula is C19H18ClN3O2. The van der Waals surface area contributed by atoms with Crippen molar-refractivity contribution in [3.63, 3.8) is 0 Å². The summed E-state index contributed by atoms with van der Waals surface area (Å²) < 4.78 is 5.34. The minimum absolute atomic E-state index is 0.0113. The van der Waals surface area contributed by atoms with E-state index in [4.69, 9.17) is 21.6 Å². The number of hydrogen-bond donors (Lipinski definition) is 2. The number of amides is 1. The molecule has 2 aromatic carbocycles. The van der Waals surface area contributed by atoms with Crippen LogP contribution in [0, 0.1) is 11.3 Å². The molecule has 0 unspecified atom stereocenters. The van der Waals surface area contributed by atoms with Crippen molar-refractivity contribution in [1.82, 2.24) is 5.32 Å². The van der Waals surface area contributed by atoms with Crippen LogP contribution < -0.4 is 15.4 Å². The third kappa shape index (κ3) is 5.87. The number of benzene rings is 2. The average Bonchev–Trinajstić information content (AvgIpc) is 2.62. The van der Waals surface area contributed by atoms with Crippen molar-refractivity contribution in [3.8, 4) is 11.8 Å². The fourth-order valence-corrected chi connectivity index (χ4v) is 2.15. The third-order valence-corrected chi connectivity index (χ3v) is 3.51. The summed E-state index contributed by atoms with van der Waals surface area (Å²) in [5.74, 6) is 0.247. The van der Waals surface area contributed by atoms with E-state index in [9.17, 15) is 4.79 Å². The van der Waals surface area contributed by atoms with Crippen molar-refractivity contribution in [2.24, 2.45) is 0 Å². The molecule has 0 fully saturated rings. The van der Waals surface area contributed by atoms with Gasteiger partial charge in [-0.05, 0) is 48.9 Å². The predicted octanol–water partition coefficient (Wildman–Crippen LogP) is 3.87. The molecule has 5 nitrogen and oxygen atoms in total. The summed E-state index contributed by atoms with van der Waals surface area (Å²) in [4.78, 5) is 12.2. The Morgan fingerprint density at radius 1 is 1.20 bits per heavy atom. The van der Waals surface area contributed by atoms with E-state index in [2.05, 4.69) is 10.6 Å². The monoisotopic (exact) mass is 355 g/mol. The number of rotatable bonds is 7. The van der Waals surface area contributed by atoms with Crippen LogP contribution in [0.15, 0.2) is 60.3 Å². The minimum Gasteiger partial charge on any atom is -0.494 e. The van der Waals surface area contributed by atoms with Gasteiger partial charge in [0.1, 0.15) is 17.4 Å². The van der Waals surface area contributed by atoms with E-state index in [-0.39, 0.29) is 5.57 Å². The Morgan fingerprint density at radius 3 is 2.48 bits per heavy atom. The Kier molecular flexibility index (Phi) is 6.87. The van der Waals surface area contributed by atoms with E-state index in [1.54, 1.807) is 36.4 Å². The number of halogens is 1. The van der Waals surface area contributed by atoms with Crippen LogP contribution in [0.2, 0.25) is 5.02 Å². The molecule has 0 saturated heterocycles. The van der Waals surface area contributed by atoms with Crippen LogP contribution in [0.1, 0.15) is 12.5 Å². The molecule has 0 aromatic heterocycles. The molecular weight excluding hydrogens is 338 g/mol. The number of carbonyl (C=O) groups is 1. The summed E-state index contributed by atoms with van der Waals surface area (Å²) in [7, 11) is 0. The van der Waals surface area contributed by atoms with Crippen molar-refractivity contribution >= 4 is 23.2 Å². The first-order valence-electron chi connectivity index (χ1n) is 7.74. The zero-order valence-corrected chi connectivity index (χ0v) is 14.5. The molecule has 2 rings (SSSR count). The summed E-state index contributed by atoms with van der Waals surface area (Å²) in [6, 6.07) is 16.2. The van der Waals surface area contributed by atoms with Gasteiger partial charge >= 0.3 is 0 Å². The molecule has 1 amide bonds. The van der Waals surface area contributed by atoms with E-state index in [1.807, 2.05) is 25.1 Å². The number of nitrogens with zero attached hydrogens (tertiary/aromatic N) is 1. The van der Waals surface area contributed by atoms with E-state index in [0.717, 1.165) is 11.3 Å². The maximum atomic E-state index is 12.2. The summed E-state index contributed by atoms with van der Waals surface area (Å²) in [6.07, 6.45) is 1.40. The van der Waals surface area contributed by atoms with Crippen molar-refractivity contribution in [1.29, 1.82) is 5.26 Å². The highest BCUT2D eigenvalue weighted by Crippen LogP contribution is 2.16. The van der Waals surface area contributed by atoms with Crippen LogP contribution in [0.5, 0.6) is 5.75 Å². The highest BCUT2D eigenvalue weighted by Gasteiger charge is 2.09. The van der Waals surface area contributed by atoms with E-state index in [1.165, 1.54) is 6.20 Å². The average molecular weight is 356 g/mol. The molecule has 2 N–H and O–H groups in total. The summed E-state index contributed by atoms with van der Waals surface area (Å²) in [5.41, 5.74) is 1.57. The van der Waals surface area contributed by atoms with E-state index < -0.39 is 5.91 Å². The smallest absolute Gasteiger partial charge is 0.267 e. The molecule has 2 aromatic rings. The largest absolute Gasteiger partial charge is 0.494 e. The summed E-state index contributed by atoms with van der Waals surface area (Å²) in [5, 5.41) is 15.5. The van der Waals surface area contributed by atoms with Crippen LogP contribution in [0.25, 0.3) is 0 Å². The Hall–Kier alpha value is -2.97. The van der Waals surface area contributed by atoms with E-state index >= 15 is 0 Å². The number of hydrogen-bond acceptors (Lipinski definition) is 4. The molecule has 0 aliphatic carbocycles. The van der Waals surface area contributed by atoms with Crippen molar-refractivity contribution in [3.05, 3.63) is 70.9 Å². The number of ether oxygens (including phenoxy) is 1. The number of nitriles is 1. The summed E-state index contributed by atoms with van der Waals surface area (Å²) in [6.45, 7) is 2.96. The molecule has 25 heavy (non-hydrogen) atoms. The third-order valence-electron chi connectivity index (χ3n) is 3.25. The Balaban J connectivity index is 1.93. The molecule has 0 heterocycles. The van der Waals surface area contributed by atoms with Crippen molar-refractivity contribution < 1.29 is 9.53 Å². The van der Waals surface area contributed by atoms with Gasteiger partial charge in [-0.1, -0.05) is 23.7 Å². The first-order chi connectivity index (χ1) is 12.1. The highest BCUT2D eigenvalue weighted by atomic mass is 35.5. The number of anilines is 1. The Bertz CT molecular complexity index is 778. The van der Waals surface area contributed by atoms with Crippen LogP contribution in [-0.2, 0) is 11.3 Å². The molecule has 128 valence electrons. The Labute approximate surface area is 151 Å². The van der Waals surface area contributed by atoms with Gasteiger partial charge in [0.05, 0.1) is 6.61 Å². The van der Waals surface area contributed by atoms with Gasteiger partial charge in [-0.2, -0.15) is 5.26 Å². The lowest BCUT2D eigenvalue weighted by atomic mass is 10.2. The van der Waals surface area contributed by atoms with Gasteiger partial charge in [-0.25, -0.2) is 0 Å². The van der Waals surface area contributed by atoms with Gasteiger partial charge in [0.2, 0.25) is 0 Å². The van der Waals surface area contributed by atoms with Gasteiger partial charge in [-0.3, -0.25) is 4.79 Å². The maximum Gasteiger partial charge on any atom is 0.267 e. The topological polar surface area (TPSA) is 74.1 Å². The van der Waals surface area contributed by atoms with Crippen molar-refractivity contribution in [2.75, 3.05) is 11.9 Å². The van der Waals surface area contributed by atoms with E-state index in [0.29, 0.717) is 23.9 Å². The molecule has 0 spiro atoms. The second kappa shape index (κ2) is 9.36. The lowest BCUT2D eigenvalue weighted by Gasteiger charge is -2.07. The molecule has 0 atom stereocenters. The SMILES string of the molecule is CCOc1ccc(NC(=O)/C(C#N)=C\NCc2ccc(Cl)cc2)cc1. The fourth-order valence-electron chi connectivity index (χ4n) is 2.02. The standard InChI is InChI=1S/C19H18ClN3O2/c1-2-25-18-9-7-17(8-10-18)23-19(24)15(11-21)13-22-12-14-3-5-16(20)6-4-14/h3-10,13,22H,2,12H2,1H3,(H,23,24)/b15-13-. The molecule has 0 aliphatic rings. The van der Waals surface area contributed by atoms with Crippen LogP contribution in [0.4, 0.5) is 5.69 Å². The Morgan fingerprint density at radius 2 is 1.88 bits per heavy atom. The van der Waals surface area contributed by atoms with Gasteiger partial charge in [0.15, 0.2) is 0 Å². The fraction of sp³-hybridized carbons (Fsp3) is 0.158. The van der Waals surface area contributed by atoms with Gasteiger partial charge < -0.3 is 15.4 Å². The quantitative estimate of drug-likeness (QED) is 0.584. The molecule has 6 heteroatoms. The highest BCUT2D eigenvalue weighted by molar-refractivity contribution is 6.30. The maximum absolute atomic E-state index is 12.2. The second-order valence-electron chi connectivity index (χ2n) is 5.09. The number of carbonyl (C=O) groups excluding carboxylic acids is 1. The zero-order chi connectivity index (χ0) is 18.1. The summed E-state index contributed by atoms with van der Waals surface area (Å²) >= 11 is 5.83. The van der Waals surface area contributed by atoms with Gasteiger partial charge in [0, 0.05) is 23.5 Å². The van der Waals surface area contributed by atoms with Crippen LogP contribution in [-0.4, -0.2) is 12.5 Å². The first kappa shape index (κ1) is 18.4. The lowest BCUT2D eigenvalue weighted by molar-refractivity contribution is -0.112. The molecule has 0 saturated carbocycles. The van der Waals surface area contributed by atoms with Gasteiger partial charge in [-0.15, -0.1) is 0 Å². The minimum atomic E-state index is -0.477. The first-order valence-corrected chi connectivity index (χ1v) is 8.12. The normalized spacial score (nSPS) is 10.7. The number of nitrogens with one attached hydrogen (secondary N) is 2. The van der Waals surface area contributed by atoms with Crippen LogP contribution in [0.3, 0.4) is 0 Å². The van der Waals surface area contributed by atoms with Crippen molar-refractivity contribution in [2.45, 2.75) is 13.5 Å². The lowest BCUT2D eigenvalue weighted by Crippen LogP contribution is -2.16. The van der Waals surface area contributed by atoms with Gasteiger partial charge in [0.25, 0.3) is 5.91 Å². The second-order valence-corrected chi connectivity index (χ2v) is 5.53. The molecule has 0 bridgehead atoms. The zero-order valence-electron chi connectivity index (χ0n) is 13.8.